The third kappa shape index (κ3) is 3.34. The van der Waals surface area contributed by atoms with E-state index in [1.165, 1.54) is 12.8 Å². The van der Waals surface area contributed by atoms with Crippen LogP contribution in [0.25, 0.3) is 0 Å². The molecule has 1 fully saturated rings. The van der Waals surface area contributed by atoms with Gasteiger partial charge in [0.15, 0.2) is 0 Å². The number of piperidine rings is 1. The quantitative estimate of drug-likeness (QED) is 0.940. The topological polar surface area (TPSA) is 64.8 Å². The summed E-state index contributed by atoms with van der Waals surface area (Å²) in [7, 11) is 0. The molecule has 0 radical (unpaired) electrons. The SMILES string of the molecule is CC1CCN(c2cc(Nc3ccc(C#N)cc3)ncn2)CC1. The van der Waals surface area contributed by atoms with Crippen LogP contribution in [0, 0.1) is 17.2 Å². The summed E-state index contributed by atoms with van der Waals surface area (Å²) < 4.78 is 0. The van der Waals surface area contributed by atoms with Crippen LogP contribution < -0.4 is 10.2 Å². The van der Waals surface area contributed by atoms with Crippen molar-refractivity contribution >= 4 is 17.3 Å². The van der Waals surface area contributed by atoms with Crippen molar-refractivity contribution in [2.75, 3.05) is 23.3 Å². The summed E-state index contributed by atoms with van der Waals surface area (Å²) in [6.07, 6.45) is 4.02. The first-order chi connectivity index (χ1) is 10.7. The van der Waals surface area contributed by atoms with Crippen molar-refractivity contribution in [2.45, 2.75) is 19.8 Å². The number of anilines is 3. The lowest BCUT2D eigenvalue weighted by atomic mass is 9.99. The molecule has 2 heterocycles. The Labute approximate surface area is 130 Å². The summed E-state index contributed by atoms with van der Waals surface area (Å²) in [6.45, 7) is 4.40. The summed E-state index contributed by atoms with van der Waals surface area (Å²) in [4.78, 5) is 11.0. The molecule has 22 heavy (non-hydrogen) atoms. The smallest absolute Gasteiger partial charge is 0.135 e. The maximum atomic E-state index is 8.82. The predicted molar refractivity (Wildman–Crippen MR) is 87.1 cm³/mol. The maximum absolute atomic E-state index is 8.82. The molecule has 1 aromatic carbocycles. The molecule has 112 valence electrons. The van der Waals surface area contributed by atoms with Gasteiger partial charge in [-0.2, -0.15) is 5.26 Å². The lowest BCUT2D eigenvalue weighted by Gasteiger charge is -2.31. The summed E-state index contributed by atoms with van der Waals surface area (Å²) in [5, 5.41) is 12.1. The molecule has 1 aliphatic heterocycles. The molecule has 2 aromatic rings. The molecule has 0 aliphatic carbocycles. The van der Waals surface area contributed by atoms with Crippen molar-refractivity contribution in [1.82, 2.24) is 9.97 Å². The number of benzene rings is 1. The van der Waals surface area contributed by atoms with Crippen molar-refractivity contribution in [3.63, 3.8) is 0 Å². The van der Waals surface area contributed by atoms with Crippen LogP contribution in [0.1, 0.15) is 25.3 Å². The van der Waals surface area contributed by atoms with Gasteiger partial charge in [-0.15, -0.1) is 0 Å². The molecular weight excluding hydrogens is 274 g/mol. The second-order valence-electron chi connectivity index (χ2n) is 5.75. The first-order valence-corrected chi connectivity index (χ1v) is 7.59. The van der Waals surface area contributed by atoms with Crippen LogP contribution in [0.2, 0.25) is 0 Å². The lowest BCUT2D eigenvalue weighted by Crippen LogP contribution is -2.33. The minimum atomic E-state index is 0.649. The molecule has 5 nitrogen and oxygen atoms in total. The standard InChI is InChI=1S/C17H19N5/c1-13-6-8-22(9-7-13)17-10-16(19-12-20-17)21-15-4-2-14(11-18)3-5-15/h2-5,10,12-13H,6-9H2,1H3,(H,19,20,21). The van der Waals surface area contributed by atoms with E-state index in [0.717, 1.165) is 36.3 Å². The minimum Gasteiger partial charge on any atom is -0.356 e. The van der Waals surface area contributed by atoms with E-state index in [2.05, 4.69) is 33.2 Å². The van der Waals surface area contributed by atoms with Gasteiger partial charge in [0, 0.05) is 24.8 Å². The molecule has 0 amide bonds. The van der Waals surface area contributed by atoms with Gasteiger partial charge in [-0.3, -0.25) is 0 Å². The van der Waals surface area contributed by atoms with Gasteiger partial charge in [-0.05, 0) is 43.0 Å². The van der Waals surface area contributed by atoms with Crippen molar-refractivity contribution in [3.05, 3.63) is 42.2 Å². The highest BCUT2D eigenvalue weighted by Crippen LogP contribution is 2.23. The van der Waals surface area contributed by atoms with Gasteiger partial charge in [0.1, 0.15) is 18.0 Å². The molecule has 1 N–H and O–H groups in total. The fourth-order valence-electron chi connectivity index (χ4n) is 2.60. The Hall–Kier alpha value is -2.61. The molecule has 5 heteroatoms. The van der Waals surface area contributed by atoms with Crippen molar-refractivity contribution in [3.8, 4) is 6.07 Å². The van der Waals surface area contributed by atoms with Crippen LogP contribution in [-0.4, -0.2) is 23.1 Å². The molecule has 0 atom stereocenters. The average Bonchev–Trinajstić information content (AvgIpc) is 2.56. The van der Waals surface area contributed by atoms with E-state index in [1.54, 1.807) is 18.5 Å². The highest BCUT2D eigenvalue weighted by atomic mass is 15.2. The minimum absolute atomic E-state index is 0.649. The number of hydrogen-bond acceptors (Lipinski definition) is 5. The number of hydrogen-bond donors (Lipinski definition) is 1. The number of nitrogens with one attached hydrogen (secondary N) is 1. The van der Waals surface area contributed by atoms with Gasteiger partial charge in [0.2, 0.25) is 0 Å². The lowest BCUT2D eigenvalue weighted by molar-refractivity contribution is 0.436. The predicted octanol–water partition coefficient (Wildman–Crippen LogP) is 3.33. The van der Waals surface area contributed by atoms with Crippen LogP contribution in [0.15, 0.2) is 36.7 Å². The van der Waals surface area contributed by atoms with Gasteiger partial charge >= 0.3 is 0 Å². The molecule has 0 unspecified atom stereocenters. The number of aromatic nitrogens is 2. The molecule has 0 spiro atoms. The number of rotatable bonds is 3. The summed E-state index contributed by atoms with van der Waals surface area (Å²) in [5.74, 6) is 2.54. The van der Waals surface area contributed by atoms with E-state index in [9.17, 15) is 0 Å². The maximum Gasteiger partial charge on any atom is 0.135 e. The van der Waals surface area contributed by atoms with E-state index in [1.807, 2.05) is 18.2 Å². The summed E-state index contributed by atoms with van der Waals surface area (Å²) >= 11 is 0. The Morgan fingerprint density at radius 3 is 2.59 bits per heavy atom. The van der Waals surface area contributed by atoms with Gasteiger partial charge < -0.3 is 10.2 Å². The molecule has 3 rings (SSSR count). The largest absolute Gasteiger partial charge is 0.356 e. The highest BCUT2D eigenvalue weighted by Gasteiger charge is 2.17. The van der Waals surface area contributed by atoms with E-state index >= 15 is 0 Å². The molecule has 1 aliphatic rings. The first kappa shape index (κ1) is 14.3. The zero-order valence-electron chi connectivity index (χ0n) is 12.7. The molecule has 1 saturated heterocycles. The molecule has 0 bridgehead atoms. The van der Waals surface area contributed by atoms with Crippen molar-refractivity contribution < 1.29 is 0 Å². The zero-order valence-corrected chi connectivity index (χ0v) is 12.7. The monoisotopic (exact) mass is 293 g/mol. The van der Waals surface area contributed by atoms with E-state index in [0.29, 0.717) is 5.56 Å². The van der Waals surface area contributed by atoms with Crippen LogP contribution in [0.3, 0.4) is 0 Å². The van der Waals surface area contributed by atoms with Crippen LogP contribution in [0.4, 0.5) is 17.3 Å². The fourth-order valence-corrected chi connectivity index (χ4v) is 2.60. The summed E-state index contributed by atoms with van der Waals surface area (Å²) in [5.41, 5.74) is 1.56. The number of nitriles is 1. The zero-order chi connectivity index (χ0) is 15.4. The fraction of sp³-hybridized carbons (Fsp3) is 0.353. The van der Waals surface area contributed by atoms with Gasteiger partial charge in [0.05, 0.1) is 11.6 Å². The van der Waals surface area contributed by atoms with Crippen molar-refractivity contribution in [1.29, 1.82) is 5.26 Å². The molecule has 1 aromatic heterocycles. The van der Waals surface area contributed by atoms with Gasteiger partial charge in [-0.25, -0.2) is 9.97 Å². The molecule has 0 saturated carbocycles. The van der Waals surface area contributed by atoms with Gasteiger partial charge in [-0.1, -0.05) is 6.92 Å². The Bertz CT molecular complexity index is 666. The van der Waals surface area contributed by atoms with Crippen LogP contribution >= 0.6 is 0 Å². The van der Waals surface area contributed by atoms with E-state index in [4.69, 9.17) is 5.26 Å². The Balaban J connectivity index is 1.72. The van der Waals surface area contributed by atoms with Crippen LogP contribution in [-0.2, 0) is 0 Å². The third-order valence-electron chi connectivity index (χ3n) is 4.05. The Kier molecular flexibility index (Phi) is 4.19. The second kappa shape index (κ2) is 6.44. The molecular formula is C17H19N5. The normalized spacial score (nSPS) is 15.4. The van der Waals surface area contributed by atoms with E-state index in [-0.39, 0.29) is 0 Å². The third-order valence-corrected chi connectivity index (χ3v) is 4.05. The van der Waals surface area contributed by atoms with E-state index < -0.39 is 0 Å². The van der Waals surface area contributed by atoms with Crippen LogP contribution in [0.5, 0.6) is 0 Å². The highest BCUT2D eigenvalue weighted by molar-refractivity contribution is 5.60. The number of nitrogens with zero attached hydrogens (tertiary/aromatic N) is 4. The Morgan fingerprint density at radius 1 is 1.18 bits per heavy atom. The van der Waals surface area contributed by atoms with Crippen molar-refractivity contribution in [2.24, 2.45) is 5.92 Å². The summed E-state index contributed by atoms with van der Waals surface area (Å²) in [6, 6.07) is 11.4. The first-order valence-electron chi connectivity index (χ1n) is 7.59. The Morgan fingerprint density at radius 2 is 1.91 bits per heavy atom. The second-order valence-corrected chi connectivity index (χ2v) is 5.75. The van der Waals surface area contributed by atoms with Gasteiger partial charge in [0.25, 0.3) is 0 Å². The average molecular weight is 293 g/mol.